The minimum absolute atomic E-state index is 0.211. The number of hydrogen-bond acceptors (Lipinski definition) is 8. The van der Waals surface area contributed by atoms with Crippen molar-refractivity contribution in [3.05, 3.63) is 35.9 Å². The highest BCUT2D eigenvalue weighted by molar-refractivity contribution is 5.93. The van der Waals surface area contributed by atoms with Gasteiger partial charge in [0.1, 0.15) is 11.9 Å². The quantitative estimate of drug-likeness (QED) is 0.458. The van der Waals surface area contributed by atoms with Crippen molar-refractivity contribution < 1.29 is 14.2 Å². The van der Waals surface area contributed by atoms with Crippen LogP contribution in [0, 0.1) is 6.92 Å². The van der Waals surface area contributed by atoms with E-state index in [-0.39, 0.29) is 18.4 Å². The van der Waals surface area contributed by atoms with Gasteiger partial charge in [0.05, 0.1) is 36.2 Å². The van der Waals surface area contributed by atoms with E-state index in [0.717, 1.165) is 16.8 Å². The average molecular weight is 469 g/mol. The molecule has 1 aliphatic heterocycles. The molecule has 1 fully saturated rings. The summed E-state index contributed by atoms with van der Waals surface area (Å²) in [6, 6.07) is 5.51. The molecule has 1 aliphatic rings. The van der Waals surface area contributed by atoms with Crippen LogP contribution in [0.2, 0.25) is 0 Å². The first-order chi connectivity index (χ1) is 16.1. The first-order valence-corrected chi connectivity index (χ1v) is 11.3. The number of fused-ring (bicyclic) bond motifs is 3. The molecule has 0 unspecified atom stereocenters. The highest BCUT2D eigenvalue weighted by atomic mass is 19.1. The molecule has 0 amide bonds. The van der Waals surface area contributed by atoms with Gasteiger partial charge in [-0.2, -0.15) is 9.61 Å². The fourth-order valence-electron chi connectivity index (χ4n) is 4.64. The Morgan fingerprint density at radius 3 is 2.76 bits per heavy atom. The molecule has 0 aliphatic carbocycles. The molecule has 0 radical (unpaired) electrons. The highest BCUT2D eigenvalue weighted by Gasteiger charge is 2.33. The van der Waals surface area contributed by atoms with E-state index in [2.05, 4.69) is 15.2 Å². The Morgan fingerprint density at radius 2 is 2.03 bits per heavy atom. The van der Waals surface area contributed by atoms with Gasteiger partial charge in [0.15, 0.2) is 11.5 Å². The summed E-state index contributed by atoms with van der Waals surface area (Å²) in [6.45, 7) is 6.52. The lowest BCUT2D eigenvalue weighted by molar-refractivity contribution is 0.0577. The molecular weight excluding hydrogens is 439 g/mol. The first-order valence-electron chi connectivity index (χ1n) is 11.3. The third kappa shape index (κ3) is 4.11. The van der Waals surface area contributed by atoms with E-state index in [9.17, 15) is 9.50 Å². The number of anilines is 2. The van der Waals surface area contributed by atoms with Crippen LogP contribution in [0.3, 0.4) is 0 Å². The van der Waals surface area contributed by atoms with Gasteiger partial charge in [-0.3, -0.25) is 4.68 Å². The number of piperidine rings is 1. The van der Waals surface area contributed by atoms with Gasteiger partial charge in [-0.15, -0.1) is 5.10 Å². The fourth-order valence-corrected chi connectivity index (χ4v) is 4.64. The minimum atomic E-state index is -1.04. The molecule has 3 aromatic heterocycles. The number of halogens is 1. The fraction of sp³-hybridized carbons (Fsp3) is 0.478. The lowest BCUT2D eigenvalue weighted by atomic mass is 9.95. The van der Waals surface area contributed by atoms with Crippen molar-refractivity contribution in [2.75, 3.05) is 30.8 Å². The lowest BCUT2D eigenvalue weighted by Crippen LogP contribution is -2.41. The van der Waals surface area contributed by atoms with Crippen LogP contribution in [0.4, 0.5) is 16.0 Å². The van der Waals surface area contributed by atoms with Crippen molar-refractivity contribution in [2.45, 2.75) is 51.4 Å². The van der Waals surface area contributed by atoms with E-state index >= 15 is 0 Å². The summed E-state index contributed by atoms with van der Waals surface area (Å²) < 4.78 is 23.4. The number of methoxy groups -OCH3 is 1. The van der Waals surface area contributed by atoms with E-state index in [1.807, 2.05) is 30.2 Å². The summed E-state index contributed by atoms with van der Waals surface area (Å²) in [7, 11) is 1.59. The Bertz CT molecular complexity index is 1360. The standard InChI is InChI=1S/C23H29FN8O2/c1-13-19(11-31(28-13)12-23(2,3)33)30-9-14(7-15(24)10-30)20-27-21-17-6-5-16(34-4)8-18(17)26-22(25)32(21)29-20/h5-6,8,11,14-15,33H,7,9-10,12H2,1-4H3,(H2,25,26)/t14-,15-/m1/s1. The number of nitrogens with two attached hydrogens (primary N) is 1. The van der Waals surface area contributed by atoms with Crippen molar-refractivity contribution in [3.8, 4) is 5.75 Å². The van der Waals surface area contributed by atoms with Crippen molar-refractivity contribution in [2.24, 2.45) is 0 Å². The number of benzene rings is 1. The summed E-state index contributed by atoms with van der Waals surface area (Å²) in [5.41, 5.74) is 8.15. The molecule has 4 heterocycles. The summed E-state index contributed by atoms with van der Waals surface area (Å²) in [5, 5.41) is 20.0. The van der Waals surface area contributed by atoms with Crippen LogP contribution in [0.25, 0.3) is 16.6 Å². The second kappa shape index (κ2) is 8.08. The smallest absolute Gasteiger partial charge is 0.223 e. The summed E-state index contributed by atoms with van der Waals surface area (Å²) in [6.07, 6.45) is 1.14. The number of aromatic nitrogens is 6. The van der Waals surface area contributed by atoms with E-state index in [0.29, 0.717) is 42.2 Å². The Hall–Kier alpha value is -3.47. The molecule has 2 atom stereocenters. The number of ether oxygens (including phenoxy) is 1. The molecule has 0 saturated carbocycles. The van der Waals surface area contributed by atoms with Gasteiger partial charge in [-0.25, -0.2) is 14.4 Å². The van der Waals surface area contributed by atoms with Gasteiger partial charge < -0.3 is 20.5 Å². The SMILES string of the molecule is COc1ccc2c(c1)nc(N)n1nc([C@@H]3C[C@@H](F)CN(c4cn(CC(C)(C)O)nc4C)C3)nc21. The number of alkyl halides is 1. The number of hydrogen-bond donors (Lipinski definition) is 2. The number of rotatable bonds is 5. The van der Waals surface area contributed by atoms with Crippen molar-refractivity contribution in [3.63, 3.8) is 0 Å². The summed E-state index contributed by atoms with van der Waals surface area (Å²) in [4.78, 5) is 11.2. The molecule has 1 saturated heterocycles. The van der Waals surface area contributed by atoms with Crippen LogP contribution >= 0.6 is 0 Å². The predicted octanol–water partition coefficient (Wildman–Crippen LogP) is 2.48. The van der Waals surface area contributed by atoms with Gasteiger partial charge in [-0.1, -0.05) is 0 Å². The summed E-state index contributed by atoms with van der Waals surface area (Å²) >= 11 is 0. The number of aliphatic hydroxyl groups is 1. The maximum Gasteiger partial charge on any atom is 0.223 e. The first kappa shape index (κ1) is 22.3. The molecule has 0 spiro atoms. The van der Waals surface area contributed by atoms with E-state index in [4.69, 9.17) is 15.5 Å². The van der Waals surface area contributed by atoms with Crippen LogP contribution in [0.5, 0.6) is 5.75 Å². The van der Waals surface area contributed by atoms with Gasteiger partial charge in [-0.05, 0) is 39.3 Å². The van der Waals surface area contributed by atoms with Crippen molar-refractivity contribution >= 4 is 28.2 Å². The third-order valence-electron chi connectivity index (χ3n) is 6.10. The third-order valence-corrected chi connectivity index (χ3v) is 6.10. The average Bonchev–Trinajstić information content (AvgIpc) is 3.36. The molecule has 180 valence electrons. The molecule has 0 bridgehead atoms. The molecule has 4 aromatic rings. The molecule has 3 N–H and O–H groups in total. The van der Waals surface area contributed by atoms with E-state index in [1.54, 1.807) is 31.7 Å². The molecule has 1 aromatic carbocycles. The van der Waals surface area contributed by atoms with Gasteiger partial charge >= 0.3 is 0 Å². The zero-order valence-electron chi connectivity index (χ0n) is 19.7. The largest absolute Gasteiger partial charge is 0.497 e. The Morgan fingerprint density at radius 1 is 1.24 bits per heavy atom. The Kier molecular flexibility index (Phi) is 5.31. The Labute approximate surface area is 196 Å². The van der Waals surface area contributed by atoms with E-state index < -0.39 is 11.8 Å². The lowest BCUT2D eigenvalue weighted by Gasteiger charge is -2.34. The summed E-state index contributed by atoms with van der Waals surface area (Å²) in [5.74, 6) is 1.19. The Balaban J connectivity index is 1.48. The van der Waals surface area contributed by atoms with Gasteiger partial charge in [0, 0.05) is 36.7 Å². The second-order valence-corrected chi connectivity index (χ2v) is 9.60. The maximum atomic E-state index is 14.9. The number of nitrogens with zero attached hydrogens (tertiary/aromatic N) is 7. The monoisotopic (exact) mass is 468 g/mol. The molecule has 5 rings (SSSR count). The van der Waals surface area contributed by atoms with Crippen LogP contribution < -0.4 is 15.4 Å². The van der Waals surface area contributed by atoms with Gasteiger partial charge in [0.25, 0.3) is 0 Å². The maximum absolute atomic E-state index is 14.9. The number of nitrogen functional groups attached to an aromatic ring is 1. The van der Waals surface area contributed by atoms with Crippen molar-refractivity contribution in [1.29, 1.82) is 0 Å². The topological polar surface area (TPSA) is 120 Å². The van der Waals surface area contributed by atoms with E-state index in [1.165, 1.54) is 4.52 Å². The van der Waals surface area contributed by atoms with Crippen LogP contribution in [-0.2, 0) is 6.54 Å². The molecular formula is C23H29FN8O2. The van der Waals surface area contributed by atoms with Gasteiger partial charge in [0.2, 0.25) is 5.95 Å². The van der Waals surface area contributed by atoms with Crippen LogP contribution in [0.1, 0.15) is 37.7 Å². The zero-order valence-corrected chi connectivity index (χ0v) is 19.7. The molecule has 34 heavy (non-hydrogen) atoms. The van der Waals surface area contributed by atoms with Crippen LogP contribution in [-0.4, -0.2) is 66.4 Å². The predicted molar refractivity (Wildman–Crippen MR) is 127 cm³/mol. The van der Waals surface area contributed by atoms with Crippen LogP contribution in [0.15, 0.2) is 24.4 Å². The number of aryl methyl sites for hydroxylation is 1. The zero-order chi connectivity index (χ0) is 24.2. The van der Waals surface area contributed by atoms with Crippen molar-refractivity contribution in [1.82, 2.24) is 29.4 Å². The highest BCUT2D eigenvalue weighted by Crippen LogP contribution is 2.33. The normalized spacial score (nSPS) is 19.3. The molecule has 11 heteroatoms. The second-order valence-electron chi connectivity index (χ2n) is 9.60. The molecule has 10 nitrogen and oxygen atoms in total. The minimum Gasteiger partial charge on any atom is -0.497 e.